The average molecular weight is 311 g/mol. The predicted molar refractivity (Wildman–Crippen MR) is 89.6 cm³/mol. The third-order valence-electron chi connectivity index (χ3n) is 3.28. The third-order valence-corrected chi connectivity index (χ3v) is 4.22. The summed E-state index contributed by atoms with van der Waals surface area (Å²) >= 11 is 1.58. The molecule has 0 atom stereocenters. The molecule has 0 radical (unpaired) electrons. The van der Waals surface area contributed by atoms with Gasteiger partial charge in [-0.15, -0.1) is 11.8 Å². The van der Waals surface area contributed by atoms with Crippen LogP contribution < -0.4 is 0 Å². The molecule has 22 heavy (non-hydrogen) atoms. The molecule has 0 heterocycles. The van der Waals surface area contributed by atoms with Gasteiger partial charge in [-0.05, 0) is 41.0 Å². The monoisotopic (exact) mass is 311 g/mol. The van der Waals surface area contributed by atoms with E-state index >= 15 is 0 Å². The average Bonchev–Trinajstić information content (AvgIpc) is 2.59. The molecular formula is C18H17NO2S. The highest BCUT2D eigenvalue weighted by atomic mass is 32.2. The van der Waals surface area contributed by atoms with Crippen LogP contribution in [0.1, 0.15) is 11.1 Å². The van der Waals surface area contributed by atoms with Gasteiger partial charge in [-0.3, -0.25) is 4.79 Å². The van der Waals surface area contributed by atoms with Crippen molar-refractivity contribution in [1.29, 1.82) is 5.26 Å². The van der Waals surface area contributed by atoms with Crippen molar-refractivity contribution in [1.82, 2.24) is 0 Å². The number of benzene rings is 2. The number of carbonyl (C=O) groups excluding carboxylic acids is 1. The molecule has 2 aromatic rings. The molecule has 0 saturated heterocycles. The SMILES string of the molecule is COC(=O)CSCCc1ccc(-c2ccc(C#N)cc2)cc1. The van der Waals surface area contributed by atoms with E-state index in [1.165, 1.54) is 12.7 Å². The van der Waals surface area contributed by atoms with Crippen LogP contribution in [0.5, 0.6) is 0 Å². The highest BCUT2D eigenvalue weighted by Crippen LogP contribution is 2.20. The van der Waals surface area contributed by atoms with E-state index in [-0.39, 0.29) is 5.97 Å². The Labute approximate surface area is 134 Å². The fourth-order valence-corrected chi connectivity index (χ4v) is 2.81. The Hall–Kier alpha value is -2.25. The second-order valence-electron chi connectivity index (χ2n) is 4.76. The normalized spacial score (nSPS) is 10.0. The Balaban J connectivity index is 1.89. The number of rotatable bonds is 6. The molecule has 0 aliphatic heterocycles. The lowest BCUT2D eigenvalue weighted by atomic mass is 10.0. The van der Waals surface area contributed by atoms with Crippen LogP contribution >= 0.6 is 11.8 Å². The smallest absolute Gasteiger partial charge is 0.315 e. The molecule has 4 heteroatoms. The van der Waals surface area contributed by atoms with Crippen LogP contribution in [-0.2, 0) is 16.0 Å². The molecule has 0 aromatic heterocycles. The standard InChI is InChI=1S/C18H17NO2S/c1-21-18(20)13-22-11-10-14-2-6-16(7-3-14)17-8-4-15(12-19)5-9-17/h2-9H,10-11,13H2,1H3. The lowest BCUT2D eigenvalue weighted by Crippen LogP contribution is -2.04. The predicted octanol–water partition coefficient (Wildman–Crippen LogP) is 3.67. The number of esters is 1. The molecule has 0 aliphatic rings. The fraction of sp³-hybridized carbons (Fsp3) is 0.222. The Kier molecular flexibility index (Phi) is 6.05. The summed E-state index contributed by atoms with van der Waals surface area (Å²) in [6, 6.07) is 18.1. The van der Waals surface area contributed by atoms with E-state index in [9.17, 15) is 4.79 Å². The van der Waals surface area contributed by atoms with E-state index in [4.69, 9.17) is 5.26 Å². The summed E-state index contributed by atoms with van der Waals surface area (Å²) in [6.07, 6.45) is 0.926. The minimum Gasteiger partial charge on any atom is -0.468 e. The van der Waals surface area contributed by atoms with Gasteiger partial charge in [-0.1, -0.05) is 36.4 Å². The zero-order chi connectivity index (χ0) is 15.8. The molecule has 112 valence electrons. The summed E-state index contributed by atoms with van der Waals surface area (Å²) in [4.78, 5) is 11.0. The molecule has 2 aromatic carbocycles. The van der Waals surface area contributed by atoms with Gasteiger partial charge in [0.15, 0.2) is 0 Å². The number of hydrogen-bond donors (Lipinski definition) is 0. The third kappa shape index (κ3) is 4.64. The van der Waals surface area contributed by atoms with Crippen molar-refractivity contribution in [3.8, 4) is 17.2 Å². The maximum absolute atomic E-state index is 11.0. The van der Waals surface area contributed by atoms with Gasteiger partial charge in [0.1, 0.15) is 0 Å². The molecule has 0 aliphatic carbocycles. The van der Waals surface area contributed by atoms with Crippen molar-refractivity contribution in [2.24, 2.45) is 0 Å². The lowest BCUT2D eigenvalue weighted by molar-refractivity contribution is -0.137. The molecular weight excluding hydrogens is 294 g/mol. The summed E-state index contributed by atoms with van der Waals surface area (Å²) in [6.45, 7) is 0. The minimum atomic E-state index is -0.179. The summed E-state index contributed by atoms with van der Waals surface area (Å²) in [5, 5.41) is 8.81. The number of methoxy groups -OCH3 is 1. The summed E-state index contributed by atoms with van der Waals surface area (Å²) < 4.78 is 4.60. The molecule has 0 bridgehead atoms. The lowest BCUT2D eigenvalue weighted by Gasteiger charge is -2.05. The first-order chi connectivity index (χ1) is 10.7. The highest BCUT2D eigenvalue weighted by molar-refractivity contribution is 7.99. The zero-order valence-electron chi connectivity index (χ0n) is 12.4. The number of hydrogen-bond acceptors (Lipinski definition) is 4. The van der Waals surface area contributed by atoms with Crippen LogP contribution in [-0.4, -0.2) is 24.6 Å². The number of ether oxygens (including phenoxy) is 1. The van der Waals surface area contributed by atoms with Gasteiger partial charge in [0.25, 0.3) is 0 Å². The molecule has 0 unspecified atom stereocenters. The van der Waals surface area contributed by atoms with Crippen LogP contribution in [0.25, 0.3) is 11.1 Å². The Bertz CT molecular complexity index is 657. The van der Waals surface area contributed by atoms with Crippen LogP contribution in [0.15, 0.2) is 48.5 Å². The molecule has 0 saturated carbocycles. The summed E-state index contributed by atoms with van der Waals surface area (Å²) in [7, 11) is 1.41. The molecule has 2 rings (SSSR count). The second-order valence-corrected chi connectivity index (χ2v) is 5.87. The zero-order valence-corrected chi connectivity index (χ0v) is 13.2. The Morgan fingerprint density at radius 2 is 1.68 bits per heavy atom. The fourth-order valence-electron chi connectivity index (χ4n) is 2.01. The quantitative estimate of drug-likeness (QED) is 0.603. The van der Waals surface area contributed by atoms with Crippen molar-refractivity contribution in [2.45, 2.75) is 6.42 Å². The van der Waals surface area contributed by atoms with E-state index in [1.807, 2.05) is 24.3 Å². The number of aryl methyl sites for hydroxylation is 1. The van der Waals surface area contributed by atoms with Gasteiger partial charge in [0, 0.05) is 0 Å². The van der Waals surface area contributed by atoms with Gasteiger partial charge < -0.3 is 4.74 Å². The second kappa shape index (κ2) is 8.26. The van der Waals surface area contributed by atoms with Crippen molar-refractivity contribution in [3.05, 3.63) is 59.7 Å². The van der Waals surface area contributed by atoms with Gasteiger partial charge in [-0.25, -0.2) is 0 Å². The Morgan fingerprint density at radius 1 is 1.09 bits per heavy atom. The maximum Gasteiger partial charge on any atom is 0.315 e. The van der Waals surface area contributed by atoms with Crippen molar-refractivity contribution in [2.75, 3.05) is 18.6 Å². The summed E-state index contributed by atoms with van der Waals surface area (Å²) in [5.41, 5.74) is 4.15. The van der Waals surface area contributed by atoms with Crippen molar-refractivity contribution < 1.29 is 9.53 Å². The van der Waals surface area contributed by atoms with E-state index in [1.54, 1.807) is 11.8 Å². The number of nitrogens with zero attached hydrogens (tertiary/aromatic N) is 1. The first kappa shape index (κ1) is 16.1. The summed E-state index contributed by atoms with van der Waals surface area (Å²) in [5.74, 6) is 1.12. The van der Waals surface area contributed by atoms with Crippen LogP contribution in [0.4, 0.5) is 0 Å². The topological polar surface area (TPSA) is 50.1 Å². The largest absolute Gasteiger partial charge is 0.468 e. The van der Waals surface area contributed by atoms with Crippen LogP contribution in [0, 0.1) is 11.3 Å². The Morgan fingerprint density at radius 3 is 2.23 bits per heavy atom. The number of thioether (sulfide) groups is 1. The van der Waals surface area contributed by atoms with Crippen molar-refractivity contribution >= 4 is 17.7 Å². The first-order valence-electron chi connectivity index (χ1n) is 6.97. The highest BCUT2D eigenvalue weighted by Gasteiger charge is 2.02. The minimum absolute atomic E-state index is 0.179. The van der Waals surface area contributed by atoms with Crippen LogP contribution in [0.3, 0.4) is 0 Å². The van der Waals surface area contributed by atoms with E-state index in [2.05, 4.69) is 35.1 Å². The van der Waals surface area contributed by atoms with Gasteiger partial charge in [-0.2, -0.15) is 5.26 Å². The number of carbonyl (C=O) groups is 1. The molecule has 0 N–H and O–H groups in total. The van der Waals surface area contributed by atoms with Gasteiger partial charge >= 0.3 is 5.97 Å². The van der Waals surface area contributed by atoms with Crippen molar-refractivity contribution in [3.63, 3.8) is 0 Å². The molecule has 0 fully saturated rings. The number of nitriles is 1. The molecule has 0 amide bonds. The first-order valence-corrected chi connectivity index (χ1v) is 8.12. The van der Waals surface area contributed by atoms with Crippen LogP contribution in [0.2, 0.25) is 0 Å². The van der Waals surface area contributed by atoms with Gasteiger partial charge in [0.05, 0.1) is 24.5 Å². The maximum atomic E-state index is 11.0. The molecule has 0 spiro atoms. The van der Waals surface area contributed by atoms with E-state index in [0.717, 1.165) is 23.3 Å². The molecule has 3 nitrogen and oxygen atoms in total. The van der Waals surface area contributed by atoms with E-state index in [0.29, 0.717) is 11.3 Å². The van der Waals surface area contributed by atoms with E-state index < -0.39 is 0 Å². The van der Waals surface area contributed by atoms with Gasteiger partial charge in [0.2, 0.25) is 0 Å².